The lowest BCUT2D eigenvalue weighted by atomic mass is 10.1. The molecule has 28 heavy (non-hydrogen) atoms. The molecule has 1 heterocycles. The molecule has 1 aliphatic heterocycles. The highest BCUT2D eigenvalue weighted by atomic mass is 16.2. The molecule has 0 saturated carbocycles. The summed E-state index contributed by atoms with van der Waals surface area (Å²) < 4.78 is 0. The summed E-state index contributed by atoms with van der Waals surface area (Å²) in [5.74, 6) is -0.0959. The van der Waals surface area contributed by atoms with Gasteiger partial charge in [-0.05, 0) is 52.8 Å². The Morgan fingerprint density at radius 2 is 1.89 bits per heavy atom. The van der Waals surface area contributed by atoms with Crippen LogP contribution < -0.4 is 10.6 Å². The molecule has 2 N–H and O–H groups in total. The van der Waals surface area contributed by atoms with Gasteiger partial charge >= 0.3 is 0 Å². The van der Waals surface area contributed by atoms with E-state index in [1.165, 1.54) is 0 Å². The smallest absolute Gasteiger partial charge is 0.241 e. The third kappa shape index (κ3) is 6.63. The maximum Gasteiger partial charge on any atom is 0.241 e. The summed E-state index contributed by atoms with van der Waals surface area (Å²) in [4.78, 5) is 29.1. The third-order valence-corrected chi connectivity index (χ3v) is 4.74. The summed E-state index contributed by atoms with van der Waals surface area (Å²) in [7, 11) is 0. The van der Waals surface area contributed by atoms with E-state index in [2.05, 4.69) is 26.5 Å². The van der Waals surface area contributed by atoms with Crippen LogP contribution in [0, 0.1) is 11.3 Å². The van der Waals surface area contributed by atoms with Crippen molar-refractivity contribution >= 4 is 17.5 Å². The van der Waals surface area contributed by atoms with Crippen molar-refractivity contribution < 1.29 is 9.59 Å². The fraction of sp³-hybridized carbons (Fsp3) is 0.571. The van der Waals surface area contributed by atoms with Crippen molar-refractivity contribution in [2.45, 2.75) is 45.7 Å². The van der Waals surface area contributed by atoms with Crippen molar-refractivity contribution in [3.05, 3.63) is 29.8 Å². The van der Waals surface area contributed by atoms with E-state index in [9.17, 15) is 14.9 Å². The minimum Gasteiger partial charge on any atom is -0.350 e. The highest BCUT2D eigenvalue weighted by molar-refractivity contribution is 5.95. The standard InChI is InChI=1S/C21H31N5O2/c1-16(20(28)23-18-9-6-5-8-17(18)14-22)26-11-7-10-25(12-13-26)15-19(27)24-21(2,3)4/h5-6,8-9,16H,7,10-13,15H2,1-4H3,(H,23,28)(H,24,27)/t16-/m1/s1. The average Bonchev–Trinajstić information content (AvgIpc) is 2.85. The van der Waals surface area contributed by atoms with E-state index < -0.39 is 0 Å². The zero-order valence-electron chi connectivity index (χ0n) is 17.3. The Balaban J connectivity index is 1.89. The SMILES string of the molecule is C[C@H](C(=O)Nc1ccccc1C#N)N1CCCN(CC(=O)NC(C)(C)C)CC1. The molecule has 1 aromatic carbocycles. The summed E-state index contributed by atoms with van der Waals surface area (Å²) in [6.07, 6.45) is 0.898. The Labute approximate surface area is 167 Å². The number of amides is 2. The lowest BCUT2D eigenvalue weighted by Gasteiger charge is -2.27. The van der Waals surface area contributed by atoms with Gasteiger partial charge in [-0.3, -0.25) is 19.4 Å². The van der Waals surface area contributed by atoms with E-state index in [0.29, 0.717) is 17.8 Å². The van der Waals surface area contributed by atoms with Crippen LogP contribution in [-0.4, -0.2) is 65.9 Å². The molecule has 1 atom stereocenters. The quantitative estimate of drug-likeness (QED) is 0.807. The number of nitrogens with zero attached hydrogens (tertiary/aromatic N) is 3. The van der Waals surface area contributed by atoms with E-state index >= 15 is 0 Å². The molecule has 0 aliphatic carbocycles. The van der Waals surface area contributed by atoms with Gasteiger partial charge in [0.25, 0.3) is 0 Å². The van der Waals surface area contributed by atoms with Crippen LogP contribution in [0.1, 0.15) is 39.7 Å². The number of para-hydroxylation sites is 1. The number of hydrogen-bond acceptors (Lipinski definition) is 5. The van der Waals surface area contributed by atoms with Gasteiger partial charge in [0.05, 0.1) is 23.8 Å². The lowest BCUT2D eigenvalue weighted by molar-refractivity contribution is -0.124. The molecular weight excluding hydrogens is 354 g/mol. The van der Waals surface area contributed by atoms with Crippen LogP contribution in [0.3, 0.4) is 0 Å². The van der Waals surface area contributed by atoms with Crippen LogP contribution in [0.15, 0.2) is 24.3 Å². The Bertz CT molecular complexity index is 735. The predicted molar refractivity (Wildman–Crippen MR) is 110 cm³/mol. The number of carbonyl (C=O) groups is 2. The summed E-state index contributed by atoms with van der Waals surface area (Å²) >= 11 is 0. The maximum atomic E-state index is 12.7. The molecule has 7 heteroatoms. The molecule has 1 saturated heterocycles. The number of hydrogen-bond donors (Lipinski definition) is 2. The van der Waals surface area contributed by atoms with E-state index in [0.717, 1.165) is 32.6 Å². The van der Waals surface area contributed by atoms with Crippen molar-refractivity contribution in [1.29, 1.82) is 5.26 Å². The van der Waals surface area contributed by atoms with Gasteiger partial charge in [-0.1, -0.05) is 12.1 Å². The highest BCUT2D eigenvalue weighted by Crippen LogP contribution is 2.15. The van der Waals surface area contributed by atoms with E-state index in [4.69, 9.17) is 0 Å². The molecule has 0 bridgehead atoms. The first-order valence-electron chi connectivity index (χ1n) is 9.77. The van der Waals surface area contributed by atoms with E-state index in [1.54, 1.807) is 24.3 Å². The van der Waals surface area contributed by atoms with Crippen LogP contribution in [0.5, 0.6) is 0 Å². The first-order valence-corrected chi connectivity index (χ1v) is 9.77. The maximum absolute atomic E-state index is 12.7. The zero-order valence-corrected chi connectivity index (χ0v) is 17.3. The number of nitriles is 1. The zero-order chi connectivity index (χ0) is 20.7. The molecule has 1 aromatic rings. The van der Waals surface area contributed by atoms with Crippen LogP contribution in [-0.2, 0) is 9.59 Å². The predicted octanol–water partition coefficient (Wildman–Crippen LogP) is 1.81. The van der Waals surface area contributed by atoms with Crippen LogP contribution in [0.25, 0.3) is 0 Å². The molecule has 0 unspecified atom stereocenters. The second-order valence-corrected chi connectivity index (χ2v) is 8.29. The molecular formula is C21H31N5O2. The number of rotatable bonds is 5. The monoisotopic (exact) mass is 385 g/mol. The van der Waals surface area contributed by atoms with Gasteiger partial charge in [0, 0.05) is 25.2 Å². The molecule has 0 spiro atoms. The molecule has 0 radical (unpaired) electrons. The summed E-state index contributed by atoms with van der Waals surface area (Å²) in [6.45, 7) is 11.3. The van der Waals surface area contributed by atoms with E-state index in [-0.39, 0.29) is 23.4 Å². The molecule has 1 fully saturated rings. The van der Waals surface area contributed by atoms with Crippen molar-refractivity contribution in [2.75, 3.05) is 38.0 Å². The first kappa shape index (κ1) is 21.9. The summed E-state index contributed by atoms with van der Waals surface area (Å²) in [5, 5.41) is 15.0. The van der Waals surface area contributed by atoms with E-state index in [1.807, 2.05) is 27.7 Å². The van der Waals surface area contributed by atoms with Crippen LogP contribution in [0.2, 0.25) is 0 Å². The van der Waals surface area contributed by atoms with Gasteiger partial charge in [-0.25, -0.2) is 0 Å². The van der Waals surface area contributed by atoms with Crippen molar-refractivity contribution in [2.24, 2.45) is 0 Å². The van der Waals surface area contributed by atoms with Gasteiger partial charge < -0.3 is 10.6 Å². The largest absolute Gasteiger partial charge is 0.350 e. The first-order chi connectivity index (χ1) is 13.2. The Hall–Kier alpha value is -2.43. The molecule has 2 amide bonds. The normalized spacial score (nSPS) is 17.2. The van der Waals surface area contributed by atoms with Crippen molar-refractivity contribution in [3.8, 4) is 6.07 Å². The van der Waals surface area contributed by atoms with Gasteiger partial charge in [-0.2, -0.15) is 5.26 Å². The highest BCUT2D eigenvalue weighted by Gasteiger charge is 2.25. The number of nitrogens with one attached hydrogen (secondary N) is 2. The Morgan fingerprint density at radius 1 is 1.18 bits per heavy atom. The topological polar surface area (TPSA) is 88.5 Å². The van der Waals surface area contributed by atoms with Crippen LogP contribution in [0.4, 0.5) is 5.69 Å². The molecule has 1 aliphatic rings. The Kier molecular flexibility index (Phi) is 7.55. The van der Waals surface area contributed by atoms with Gasteiger partial charge in [0.15, 0.2) is 0 Å². The average molecular weight is 386 g/mol. The fourth-order valence-electron chi connectivity index (χ4n) is 3.29. The second-order valence-electron chi connectivity index (χ2n) is 8.29. The van der Waals surface area contributed by atoms with Crippen LogP contribution >= 0.6 is 0 Å². The van der Waals surface area contributed by atoms with Gasteiger partial charge in [0.2, 0.25) is 11.8 Å². The second kappa shape index (κ2) is 9.67. The van der Waals surface area contributed by atoms with Crippen molar-refractivity contribution in [3.63, 3.8) is 0 Å². The Morgan fingerprint density at radius 3 is 2.57 bits per heavy atom. The fourth-order valence-corrected chi connectivity index (χ4v) is 3.29. The lowest BCUT2D eigenvalue weighted by Crippen LogP contribution is -2.47. The van der Waals surface area contributed by atoms with Crippen molar-refractivity contribution in [1.82, 2.24) is 15.1 Å². The summed E-state index contributed by atoms with van der Waals surface area (Å²) in [5.41, 5.74) is 0.758. The molecule has 2 rings (SSSR count). The van der Waals surface area contributed by atoms with Gasteiger partial charge in [0.1, 0.15) is 6.07 Å². The number of anilines is 1. The minimum atomic E-state index is -0.310. The van der Waals surface area contributed by atoms with Gasteiger partial charge in [-0.15, -0.1) is 0 Å². The molecule has 152 valence electrons. The number of benzene rings is 1. The third-order valence-electron chi connectivity index (χ3n) is 4.74. The summed E-state index contributed by atoms with van der Waals surface area (Å²) in [6, 6.07) is 8.78. The minimum absolute atomic E-state index is 0.0276. The molecule has 7 nitrogen and oxygen atoms in total. The molecule has 0 aromatic heterocycles. The number of carbonyl (C=O) groups excluding carboxylic acids is 2.